The van der Waals surface area contributed by atoms with Gasteiger partial charge >= 0.3 is 0 Å². The number of nitrogens with zero attached hydrogens (tertiary/aromatic N) is 2. The van der Waals surface area contributed by atoms with Gasteiger partial charge in [-0.2, -0.15) is 5.26 Å². The minimum atomic E-state index is -0.736. The van der Waals surface area contributed by atoms with E-state index in [1.54, 1.807) is 0 Å². The van der Waals surface area contributed by atoms with E-state index in [9.17, 15) is 0 Å². The van der Waals surface area contributed by atoms with Crippen molar-refractivity contribution in [2.75, 3.05) is 11.1 Å². The Morgan fingerprint density at radius 3 is 2.62 bits per heavy atom. The van der Waals surface area contributed by atoms with Crippen LogP contribution in [0.4, 0.5) is 5.69 Å². The fourth-order valence-electron chi connectivity index (χ4n) is 1.08. The molecule has 1 aromatic rings. The van der Waals surface area contributed by atoms with Gasteiger partial charge in [-0.15, -0.1) is 11.1 Å². The second-order valence-electron chi connectivity index (χ2n) is 2.63. The Labute approximate surface area is 85.3 Å². The molecule has 0 amide bonds. The molecular weight excluding hydrogens is 200 g/mol. The van der Waals surface area contributed by atoms with Crippen LogP contribution in [-0.4, -0.2) is 15.5 Å². The highest BCUT2D eigenvalue weighted by atomic mass is 35.6. The van der Waals surface area contributed by atoms with Gasteiger partial charge in [0.05, 0.1) is 12.5 Å². The average Bonchev–Trinajstić information content (AvgIpc) is 2.21. The summed E-state index contributed by atoms with van der Waals surface area (Å²) in [6.45, 7) is 0.746. The Hall–Kier alpha value is -0.983. The first kappa shape index (κ1) is 10.1. The summed E-state index contributed by atoms with van der Waals surface area (Å²) in [6.07, 6.45) is 0.536. The van der Waals surface area contributed by atoms with Crippen LogP contribution in [-0.2, 0) is 0 Å². The molecule has 2 nitrogen and oxygen atoms in total. The predicted molar refractivity (Wildman–Crippen MR) is 58.4 cm³/mol. The van der Waals surface area contributed by atoms with E-state index in [-0.39, 0.29) is 0 Å². The largest absolute Gasteiger partial charge is 0.389 e. The number of hydrogen-bond donors (Lipinski definition) is 0. The number of hydrogen-bond acceptors (Lipinski definition) is 2. The lowest BCUT2D eigenvalue weighted by Crippen LogP contribution is -2.24. The summed E-state index contributed by atoms with van der Waals surface area (Å²) in [4.78, 5) is 0. The summed E-state index contributed by atoms with van der Waals surface area (Å²) in [6, 6.07) is 12.1. The van der Waals surface area contributed by atoms with Crippen LogP contribution in [0, 0.1) is 11.3 Å². The third-order valence-corrected chi connectivity index (χ3v) is 3.59. The normalized spacial score (nSPS) is 10.2. The molecule has 0 N–H and O–H groups in total. The number of para-hydroxylation sites is 1. The Kier molecular flexibility index (Phi) is 4.37. The van der Waals surface area contributed by atoms with Crippen molar-refractivity contribution < 1.29 is 0 Å². The first-order chi connectivity index (χ1) is 6.38. The fourth-order valence-corrected chi connectivity index (χ4v) is 2.48. The third kappa shape index (κ3) is 3.09. The lowest BCUT2D eigenvalue weighted by molar-refractivity contribution is 0.998. The second-order valence-corrected chi connectivity index (χ2v) is 4.35. The number of halogens is 1. The molecule has 0 aliphatic carbocycles. The molecule has 0 radical (unpaired) electrons. The number of benzene rings is 1. The molecular formula is C9H11ClN2Si. The minimum Gasteiger partial charge on any atom is -0.389 e. The van der Waals surface area contributed by atoms with Crippen LogP contribution in [0.2, 0.25) is 0 Å². The van der Waals surface area contributed by atoms with Gasteiger partial charge in [0.25, 0.3) is 0 Å². The van der Waals surface area contributed by atoms with E-state index in [2.05, 4.69) is 10.6 Å². The van der Waals surface area contributed by atoms with Crippen molar-refractivity contribution in [1.82, 2.24) is 0 Å². The van der Waals surface area contributed by atoms with E-state index in [0.717, 1.165) is 12.2 Å². The van der Waals surface area contributed by atoms with E-state index < -0.39 is 8.99 Å². The molecule has 0 fully saturated rings. The molecule has 0 saturated carbocycles. The van der Waals surface area contributed by atoms with E-state index in [1.807, 2.05) is 30.3 Å². The number of anilines is 1. The van der Waals surface area contributed by atoms with Gasteiger partial charge in [0.15, 0.2) is 0 Å². The van der Waals surface area contributed by atoms with Crippen LogP contribution >= 0.6 is 11.1 Å². The standard InChI is InChI=1S/C9H11ClN2Si/c10-13-12(8-4-7-11)9-5-2-1-3-6-9/h1-3,5-6H,4,8,13H2. The van der Waals surface area contributed by atoms with Gasteiger partial charge in [-0.05, 0) is 12.1 Å². The Morgan fingerprint density at radius 2 is 2.08 bits per heavy atom. The van der Waals surface area contributed by atoms with E-state index in [0.29, 0.717) is 6.42 Å². The molecule has 0 heterocycles. The van der Waals surface area contributed by atoms with Gasteiger partial charge < -0.3 is 4.57 Å². The van der Waals surface area contributed by atoms with E-state index in [4.69, 9.17) is 16.3 Å². The van der Waals surface area contributed by atoms with Crippen LogP contribution in [0.25, 0.3) is 0 Å². The van der Waals surface area contributed by atoms with Crippen molar-refractivity contribution in [3.8, 4) is 6.07 Å². The lowest BCUT2D eigenvalue weighted by atomic mass is 10.3. The van der Waals surface area contributed by atoms with Crippen LogP contribution in [0.15, 0.2) is 30.3 Å². The maximum absolute atomic E-state index is 8.45. The number of rotatable bonds is 4. The summed E-state index contributed by atoms with van der Waals surface area (Å²) in [5.74, 6) is 0. The molecule has 0 bridgehead atoms. The number of nitriles is 1. The monoisotopic (exact) mass is 210 g/mol. The fraction of sp³-hybridized carbons (Fsp3) is 0.222. The van der Waals surface area contributed by atoms with Crippen LogP contribution in [0.1, 0.15) is 6.42 Å². The Morgan fingerprint density at radius 1 is 1.38 bits per heavy atom. The van der Waals surface area contributed by atoms with Gasteiger partial charge in [0.1, 0.15) is 0 Å². The quantitative estimate of drug-likeness (QED) is 0.558. The molecule has 0 atom stereocenters. The van der Waals surface area contributed by atoms with Gasteiger partial charge in [0, 0.05) is 12.2 Å². The first-order valence-corrected chi connectivity index (χ1v) is 6.88. The summed E-state index contributed by atoms with van der Waals surface area (Å²) >= 11 is 5.89. The van der Waals surface area contributed by atoms with Crippen LogP contribution < -0.4 is 4.57 Å². The van der Waals surface area contributed by atoms with Crippen molar-refractivity contribution in [1.29, 1.82) is 5.26 Å². The van der Waals surface area contributed by atoms with Crippen LogP contribution in [0.3, 0.4) is 0 Å². The maximum atomic E-state index is 8.45. The Bertz CT molecular complexity index is 283. The molecule has 1 rings (SSSR count). The molecule has 0 aliphatic heterocycles. The van der Waals surface area contributed by atoms with Gasteiger partial charge in [-0.3, -0.25) is 0 Å². The molecule has 4 heteroatoms. The highest BCUT2D eigenvalue weighted by Crippen LogP contribution is 2.12. The summed E-state index contributed by atoms with van der Waals surface area (Å²) < 4.78 is 2.10. The summed E-state index contributed by atoms with van der Waals surface area (Å²) in [5, 5.41) is 8.45. The van der Waals surface area contributed by atoms with Crippen molar-refractivity contribution in [3.05, 3.63) is 30.3 Å². The van der Waals surface area contributed by atoms with Crippen LogP contribution in [0.5, 0.6) is 0 Å². The molecule has 0 aliphatic rings. The zero-order valence-corrected chi connectivity index (χ0v) is 9.45. The SMILES string of the molecule is N#CCCN([SiH2]Cl)c1ccccc1. The zero-order valence-electron chi connectivity index (χ0n) is 7.28. The summed E-state index contributed by atoms with van der Waals surface area (Å²) in [7, 11) is -0.736. The smallest absolute Gasteiger partial charge is 0.224 e. The van der Waals surface area contributed by atoms with Crippen molar-refractivity contribution >= 4 is 25.8 Å². The molecule has 0 saturated heterocycles. The molecule has 0 spiro atoms. The summed E-state index contributed by atoms with van der Waals surface area (Å²) in [5.41, 5.74) is 1.12. The highest BCUT2D eigenvalue weighted by Gasteiger charge is 2.02. The van der Waals surface area contributed by atoms with E-state index >= 15 is 0 Å². The third-order valence-electron chi connectivity index (χ3n) is 1.76. The van der Waals surface area contributed by atoms with Crippen molar-refractivity contribution in [2.45, 2.75) is 6.42 Å². The second kappa shape index (κ2) is 5.63. The molecule has 13 heavy (non-hydrogen) atoms. The van der Waals surface area contributed by atoms with Gasteiger partial charge in [0.2, 0.25) is 8.99 Å². The maximum Gasteiger partial charge on any atom is 0.224 e. The van der Waals surface area contributed by atoms with Crippen molar-refractivity contribution in [2.24, 2.45) is 0 Å². The predicted octanol–water partition coefficient (Wildman–Crippen LogP) is 1.64. The average molecular weight is 211 g/mol. The topological polar surface area (TPSA) is 27.0 Å². The van der Waals surface area contributed by atoms with E-state index in [1.165, 1.54) is 0 Å². The Balaban J connectivity index is 2.63. The minimum absolute atomic E-state index is 0.536. The first-order valence-electron chi connectivity index (χ1n) is 4.11. The van der Waals surface area contributed by atoms with Gasteiger partial charge in [-0.25, -0.2) is 0 Å². The zero-order chi connectivity index (χ0) is 9.52. The molecule has 0 unspecified atom stereocenters. The molecule has 0 aromatic heterocycles. The highest BCUT2D eigenvalue weighted by molar-refractivity contribution is 6.95. The van der Waals surface area contributed by atoms with Gasteiger partial charge in [-0.1, -0.05) is 18.2 Å². The molecule has 68 valence electrons. The van der Waals surface area contributed by atoms with Crippen molar-refractivity contribution in [3.63, 3.8) is 0 Å². The lowest BCUT2D eigenvalue weighted by Gasteiger charge is -2.20. The molecule has 1 aromatic carbocycles.